The first-order valence-electron chi connectivity index (χ1n) is 7.94. The molecule has 3 unspecified atom stereocenters. The number of halogens is 1. The standard InChI is InChI=1S/C15H21ClN2O.C2H6/c1-10-14-9-18(8-12(14)6-17(10)2)7-11-3-4-13(16)5-15(11)19;1-2/h3-5,10,12,14,19H,6-9H2,1-2H3;1-2H3. The van der Waals surface area contributed by atoms with Gasteiger partial charge in [0.25, 0.3) is 0 Å². The Balaban J connectivity index is 0.000000774. The smallest absolute Gasteiger partial charge is 0.121 e. The Hall–Kier alpha value is -0.770. The van der Waals surface area contributed by atoms with Gasteiger partial charge in [-0.3, -0.25) is 4.90 Å². The second kappa shape index (κ2) is 6.99. The van der Waals surface area contributed by atoms with Gasteiger partial charge in [0.15, 0.2) is 0 Å². The summed E-state index contributed by atoms with van der Waals surface area (Å²) in [5.74, 6) is 1.88. The van der Waals surface area contributed by atoms with Crippen molar-refractivity contribution < 1.29 is 5.11 Å². The fraction of sp³-hybridized carbons (Fsp3) is 0.647. The SMILES string of the molecule is CC.CC1C2CN(Cc3ccc(Cl)cc3O)CC2CN1C. The van der Waals surface area contributed by atoms with Crippen LogP contribution in [0.2, 0.25) is 5.02 Å². The largest absolute Gasteiger partial charge is 0.508 e. The van der Waals surface area contributed by atoms with Crippen LogP contribution in [0.3, 0.4) is 0 Å². The molecule has 1 N–H and O–H groups in total. The van der Waals surface area contributed by atoms with E-state index in [9.17, 15) is 5.11 Å². The first-order chi connectivity index (χ1) is 10.0. The summed E-state index contributed by atoms with van der Waals surface area (Å²) in [6.07, 6.45) is 0. The molecular formula is C17H27ClN2O. The highest BCUT2D eigenvalue weighted by molar-refractivity contribution is 6.30. The van der Waals surface area contributed by atoms with Crippen LogP contribution in [-0.2, 0) is 6.54 Å². The van der Waals surface area contributed by atoms with Crippen LogP contribution in [-0.4, -0.2) is 47.6 Å². The van der Waals surface area contributed by atoms with Crippen LogP contribution in [0, 0.1) is 11.8 Å². The highest BCUT2D eigenvalue weighted by atomic mass is 35.5. The minimum atomic E-state index is 0.315. The molecule has 0 aromatic heterocycles. The Bertz CT molecular complexity index is 480. The summed E-state index contributed by atoms with van der Waals surface area (Å²) < 4.78 is 0. The molecule has 21 heavy (non-hydrogen) atoms. The predicted molar refractivity (Wildman–Crippen MR) is 88.8 cm³/mol. The summed E-state index contributed by atoms with van der Waals surface area (Å²) in [5.41, 5.74) is 0.977. The van der Waals surface area contributed by atoms with Crippen LogP contribution in [0.15, 0.2) is 18.2 Å². The lowest BCUT2D eigenvalue weighted by Gasteiger charge is -2.23. The molecule has 2 heterocycles. The van der Waals surface area contributed by atoms with E-state index in [1.165, 1.54) is 6.54 Å². The normalized spacial score (nSPS) is 29.1. The van der Waals surface area contributed by atoms with E-state index in [-0.39, 0.29) is 0 Å². The van der Waals surface area contributed by atoms with Crippen LogP contribution in [0.4, 0.5) is 0 Å². The second-order valence-corrected chi connectivity index (χ2v) is 6.51. The van der Waals surface area contributed by atoms with Crippen LogP contribution in [0.1, 0.15) is 26.3 Å². The van der Waals surface area contributed by atoms with E-state index in [2.05, 4.69) is 23.8 Å². The van der Waals surface area contributed by atoms with Gasteiger partial charge >= 0.3 is 0 Å². The Morgan fingerprint density at radius 3 is 2.57 bits per heavy atom. The molecule has 2 fully saturated rings. The number of benzene rings is 1. The molecule has 1 aromatic rings. The fourth-order valence-electron chi connectivity index (χ4n) is 3.63. The van der Waals surface area contributed by atoms with Gasteiger partial charge in [0.05, 0.1) is 0 Å². The Kier molecular flexibility index (Phi) is 5.53. The maximum absolute atomic E-state index is 9.93. The average molecular weight is 311 g/mol. The van der Waals surface area contributed by atoms with E-state index in [0.29, 0.717) is 16.8 Å². The molecule has 2 aliphatic rings. The summed E-state index contributed by atoms with van der Waals surface area (Å²) >= 11 is 5.87. The molecule has 0 amide bonds. The van der Waals surface area contributed by atoms with E-state index >= 15 is 0 Å². The molecule has 0 spiro atoms. The number of phenols is 1. The predicted octanol–water partition coefficient (Wildman–Crippen LogP) is 3.45. The van der Waals surface area contributed by atoms with Crippen molar-refractivity contribution in [3.63, 3.8) is 0 Å². The van der Waals surface area contributed by atoms with E-state index < -0.39 is 0 Å². The summed E-state index contributed by atoms with van der Waals surface area (Å²) in [6.45, 7) is 10.6. The zero-order chi connectivity index (χ0) is 15.6. The van der Waals surface area contributed by atoms with Crippen molar-refractivity contribution in [1.29, 1.82) is 0 Å². The lowest BCUT2D eigenvalue weighted by molar-refractivity contribution is 0.232. The molecule has 0 saturated carbocycles. The number of nitrogens with zero attached hydrogens (tertiary/aromatic N) is 2. The summed E-state index contributed by atoms with van der Waals surface area (Å²) in [4.78, 5) is 4.92. The molecule has 2 saturated heterocycles. The highest BCUT2D eigenvalue weighted by Gasteiger charge is 2.43. The van der Waals surface area contributed by atoms with Crippen LogP contribution < -0.4 is 0 Å². The van der Waals surface area contributed by atoms with Crippen molar-refractivity contribution in [2.45, 2.75) is 33.4 Å². The molecule has 1 aromatic carbocycles. The average Bonchev–Trinajstić information content (AvgIpc) is 2.96. The molecule has 3 atom stereocenters. The number of likely N-dealkylation sites (tertiary alicyclic amines) is 2. The number of hydrogen-bond acceptors (Lipinski definition) is 3. The van der Waals surface area contributed by atoms with Gasteiger partial charge < -0.3 is 10.0 Å². The minimum Gasteiger partial charge on any atom is -0.508 e. The molecule has 0 bridgehead atoms. The van der Waals surface area contributed by atoms with Crippen molar-refractivity contribution in [2.75, 3.05) is 26.7 Å². The molecule has 3 rings (SSSR count). The number of hydrogen-bond donors (Lipinski definition) is 1. The van der Waals surface area contributed by atoms with Gasteiger partial charge in [0, 0.05) is 42.8 Å². The summed E-state index contributed by atoms with van der Waals surface area (Å²) in [5, 5.41) is 10.5. The molecular weight excluding hydrogens is 284 g/mol. The second-order valence-electron chi connectivity index (χ2n) is 6.07. The zero-order valence-electron chi connectivity index (χ0n) is 13.5. The Labute approximate surface area is 133 Å². The van der Waals surface area contributed by atoms with Gasteiger partial charge in [0.2, 0.25) is 0 Å². The summed E-state index contributed by atoms with van der Waals surface area (Å²) in [6, 6.07) is 6.09. The molecule has 0 aliphatic carbocycles. The van der Waals surface area contributed by atoms with Gasteiger partial charge in [-0.1, -0.05) is 31.5 Å². The van der Waals surface area contributed by atoms with Crippen molar-refractivity contribution in [1.82, 2.24) is 9.80 Å². The van der Waals surface area contributed by atoms with Crippen LogP contribution in [0.5, 0.6) is 5.75 Å². The molecule has 3 nitrogen and oxygen atoms in total. The fourth-order valence-corrected chi connectivity index (χ4v) is 3.80. The van der Waals surface area contributed by atoms with Crippen molar-refractivity contribution in [2.24, 2.45) is 11.8 Å². The molecule has 118 valence electrons. The molecule has 4 heteroatoms. The third-order valence-electron chi connectivity index (χ3n) is 4.85. The van der Waals surface area contributed by atoms with Gasteiger partial charge in [-0.25, -0.2) is 0 Å². The zero-order valence-corrected chi connectivity index (χ0v) is 14.3. The first-order valence-corrected chi connectivity index (χ1v) is 8.32. The number of aromatic hydroxyl groups is 1. The topological polar surface area (TPSA) is 26.7 Å². The lowest BCUT2D eigenvalue weighted by Crippen LogP contribution is -2.31. The quantitative estimate of drug-likeness (QED) is 0.906. The Morgan fingerprint density at radius 1 is 1.24 bits per heavy atom. The van der Waals surface area contributed by atoms with Crippen molar-refractivity contribution in [3.8, 4) is 5.75 Å². The van der Waals surface area contributed by atoms with E-state index in [0.717, 1.165) is 37.0 Å². The van der Waals surface area contributed by atoms with E-state index in [4.69, 9.17) is 11.6 Å². The van der Waals surface area contributed by atoms with E-state index in [1.807, 2.05) is 26.0 Å². The van der Waals surface area contributed by atoms with Gasteiger partial charge in [0.1, 0.15) is 5.75 Å². The van der Waals surface area contributed by atoms with Gasteiger partial charge in [-0.05, 0) is 37.9 Å². The number of phenolic OH excluding ortho intramolecular Hbond substituents is 1. The number of rotatable bonds is 2. The summed E-state index contributed by atoms with van der Waals surface area (Å²) in [7, 11) is 2.22. The first kappa shape index (κ1) is 16.6. The number of fused-ring (bicyclic) bond motifs is 1. The van der Waals surface area contributed by atoms with E-state index in [1.54, 1.807) is 6.07 Å². The highest BCUT2D eigenvalue weighted by Crippen LogP contribution is 2.36. The minimum absolute atomic E-state index is 0.315. The van der Waals surface area contributed by atoms with Crippen molar-refractivity contribution >= 4 is 11.6 Å². The van der Waals surface area contributed by atoms with Crippen LogP contribution in [0.25, 0.3) is 0 Å². The third-order valence-corrected chi connectivity index (χ3v) is 5.08. The van der Waals surface area contributed by atoms with Crippen molar-refractivity contribution in [3.05, 3.63) is 28.8 Å². The molecule has 0 radical (unpaired) electrons. The van der Waals surface area contributed by atoms with Gasteiger partial charge in [-0.2, -0.15) is 0 Å². The third kappa shape index (κ3) is 3.53. The Morgan fingerprint density at radius 2 is 1.95 bits per heavy atom. The monoisotopic (exact) mass is 310 g/mol. The van der Waals surface area contributed by atoms with Gasteiger partial charge in [-0.15, -0.1) is 0 Å². The maximum atomic E-state index is 9.93. The molecule has 2 aliphatic heterocycles. The maximum Gasteiger partial charge on any atom is 0.121 e. The lowest BCUT2D eigenvalue weighted by atomic mass is 9.95. The van der Waals surface area contributed by atoms with Crippen LogP contribution >= 0.6 is 11.6 Å².